The Morgan fingerprint density at radius 3 is 2.21 bits per heavy atom. The van der Waals surface area contributed by atoms with E-state index in [1.165, 1.54) is 5.47 Å². The van der Waals surface area contributed by atoms with Crippen molar-refractivity contribution >= 4 is 12.9 Å². The van der Waals surface area contributed by atoms with Gasteiger partial charge in [-0.1, -0.05) is 23.7 Å². The monoisotopic (exact) mass is 184 g/mol. The smallest absolute Gasteiger partial charge is 0.209 e. The fourth-order valence-electron chi connectivity index (χ4n) is 1.46. The first kappa shape index (κ1) is 10.8. The fourth-order valence-corrected chi connectivity index (χ4v) is 1.46. The zero-order valence-electron chi connectivity index (χ0n) is 8.50. The summed E-state index contributed by atoms with van der Waals surface area (Å²) in [6.45, 7) is 11.2. The lowest BCUT2D eigenvalue weighted by atomic mass is 9.64. The van der Waals surface area contributed by atoms with Gasteiger partial charge >= 0.3 is 0 Å². The van der Waals surface area contributed by atoms with Crippen molar-refractivity contribution in [2.45, 2.75) is 19.3 Å². The van der Waals surface area contributed by atoms with E-state index in [2.05, 4.69) is 32.0 Å². The van der Waals surface area contributed by atoms with Crippen molar-refractivity contribution in [2.24, 2.45) is 4.99 Å². The van der Waals surface area contributed by atoms with Crippen molar-refractivity contribution in [3.05, 3.63) is 49.1 Å². The van der Waals surface area contributed by atoms with Gasteiger partial charge in [-0.3, -0.25) is 4.99 Å². The van der Waals surface area contributed by atoms with Gasteiger partial charge in [-0.15, -0.1) is 19.7 Å². The first-order valence-corrected chi connectivity index (χ1v) is 4.78. The van der Waals surface area contributed by atoms with Crippen LogP contribution in [0.4, 0.5) is 0 Å². The minimum Gasteiger partial charge on any atom is -0.273 e. The third-order valence-electron chi connectivity index (χ3n) is 2.05. The van der Waals surface area contributed by atoms with Crippen LogP contribution in [0.25, 0.3) is 0 Å². The molecule has 0 aromatic heterocycles. The maximum atomic E-state index is 4.52. The molecule has 71 valence electrons. The van der Waals surface area contributed by atoms with Crippen molar-refractivity contribution in [1.29, 1.82) is 0 Å². The molecule has 0 spiro atoms. The maximum absolute atomic E-state index is 4.52. The minimum absolute atomic E-state index is 0.834. The molecule has 0 amide bonds. The fraction of sp³-hybridized carbons (Fsp3) is 0.250. The highest BCUT2D eigenvalue weighted by Crippen LogP contribution is 2.21. The largest absolute Gasteiger partial charge is 0.273 e. The number of allylic oxidation sites excluding steroid dienone is 4. The summed E-state index contributed by atoms with van der Waals surface area (Å²) in [7, 11) is 2.13. The highest BCUT2D eigenvalue weighted by Gasteiger charge is 2.15. The van der Waals surface area contributed by atoms with E-state index in [0.717, 1.165) is 30.6 Å². The van der Waals surface area contributed by atoms with Crippen molar-refractivity contribution in [2.75, 3.05) is 0 Å². The highest BCUT2D eigenvalue weighted by molar-refractivity contribution is 6.82. The van der Waals surface area contributed by atoms with Gasteiger partial charge in [0.05, 0.1) is 0 Å². The molecule has 1 radical (unpaired) electrons. The number of nitrogens with zero attached hydrogens (tertiary/aromatic N) is 1. The van der Waals surface area contributed by atoms with Gasteiger partial charge in [-0.2, -0.15) is 0 Å². The molecule has 0 aromatic carbocycles. The van der Waals surface area contributed by atoms with Crippen LogP contribution in [0.5, 0.6) is 0 Å². The number of aliphatic imine (C=N–C) groups is 1. The Bertz CT molecular complexity index is 310. The highest BCUT2D eigenvalue weighted by atomic mass is 14.8. The molecule has 14 heavy (non-hydrogen) atoms. The molecule has 1 aliphatic heterocycles. The molecule has 0 aromatic rings. The Balaban J connectivity index is 2.73. The van der Waals surface area contributed by atoms with Crippen molar-refractivity contribution in [3.63, 3.8) is 0 Å². The van der Waals surface area contributed by atoms with Crippen LogP contribution in [-0.4, -0.2) is 12.9 Å². The van der Waals surface area contributed by atoms with Gasteiger partial charge < -0.3 is 0 Å². The molecule has 1 heterocycles. The van der Waals surface area contributed by atoms with Crippen LogP contribution in [-0.2, 0) is 0 Å². The zero-order valence-corrected chi connectivity index (χ0v) is 8.50. The van der Waals surface area contributed by atoms with Gasteiger partial charge in [-0.05, 0) is 18.5 Å². The number of hydrogen-bond donors (Lipinski definition) is 0. The van der Waals surface area contributed by atoms with Crippen molar-refractivity contribution < 1.29 is 0 Å². The van der Waals surface area contributed by atoms with Crippen LogP contribution < -0.4 is 0 Å². The molecule has 0 saturated heterocycles. The van der Waals surface area contributed by atoms with Crippen LogP contribution in [0.2, 0.25) is 0 Å². The Labute approximate surface area is 86.9 Å². The summed E-state index contributed by atoms with van der Waals surface area (Å²) in [4.78, 5) is 4.52. The van der Waals surface area contributed by atoms with Gasteiger partial charge in [0, 0.05) is 12.1 Å². The standard InChI is InChI=1S/C12H15BN/c1-4-7-10-11(8-5-2)14-12(13-10)9-6-3/h4-6H,1-3,7-9H2. The average Bonchev–Trinajstić information content (AvgIpc) is 2.50. The Hall–Kier alpha value is -1.31. The summed E-state index contributed by atoms with van der Waals surface area (Å²) in [5.74, 6) is 0. The van der Waals surface area contributed by atoms with Crippen LogP contribution in [0.15, 0.2) is 54.1 Å². The molecule has 0 aliphatic carbocycles. The predicted molar refractivity (Wildman–Crippen MR) is 64.7 cm³/mol. The summed E-state index contributed by atoms with van der Waals surface area (Å²) < 4.78 is 0. The van der Waals surface area contributed by atoms with Gasteiger partial charge in [0.1, 0.15) is 0 Å². The zero-order chi connectivity index (χ0) is 10.4. The first-order valence-electron chi connectivity index (χ1n) is 4.78. The van der Waals surface area contributed by atoms with Crippen LogP contribution in [0.3, 0.4) is 0 Å². The number of hydrogen-bond acceptors (Lipinski definition) is 1. The van der Waals surface area contributed by atoms with E-state index in [1.807, 2.05) is 18.2 Å². The van der Waals surface area contributed by atoms with E-state index in [0.29, 0.717) is 0 Å². The molecule has 2 heteroatoms. The summed E-state index contributed by atoms with van der Waals surface area (Å²) >= 11 is 0. The molecule has 0 saturated carbocycles. The Kier molecular flexibility index (Phi) is 4.18. The lowest BCUT2D eigenvalue weighted by molar-refractivity contribution is 1.13. The second-order valence-corrected chi connectivity index (χ2v) is 3.20. The Morgan fingerprint density at radius 1 is 1.00 bits per heavy atom. The topological polar surface area (TPSA) is 12.4 Å². The van der Waals surface area contributed by atoms with Gasteiger partial charge in [0.25, 0.3) is 0 Å². The molecular weight excluding hydrogens is 169 g/mol. The molecule has 1 aliphatic rings. The van der Waals surface area contributed by atoms with Crippen LogP contribution in [0, 0.1) is 0 Å². The first-order chi connectivity index (χ1) is 6.81. The van der Waals surface area contributed by atoms with E-state index in [-0.39, 0.29) is 0 Å². The molecule has 1 nitrogen and oxygen atoms in total. The minimum atomic E-state index is 0.834. The summed E-state index contributed by atoms with van der Waals surface area (Å²) in [5.41, 5.74) is 3.47. The van der Waals surface area contributed by atoms with Crippen molar-refractivity contribution in [3.8, 4) is 0 Å². The third kappa shape index (κ3) is 2.59. The third-order valence-corrected chi connectivity index (χ3v) is 2.05. The average molecular weight is 184 g/mol. The molecule has 0 bridgehead atoms. The molecule has 0 fully saturated rings. The molecule has 0 atom stereocenters. The molecular formula is C12H15BN. The molecule has 0 N–H and O–H groups in total. The van der Waals surface area contributed by atoms with E-state index in [9.17, 15) is 0 Å². The predicted octanol–water partition coefficient (Wildman–Crippen LogP) is 3.04. The van der Waals surface area contributed by atoms with Crippen LogP contribution in [0.1, 0.15) is 19.3 Å². The Morgan fingerprint density at radius 2 is 1.64 bits per heavy atom. The van der Waals surface area contributed by atoms with Gasteiger partial charge in [0.15, 0.2) is 0 Å². The lowest BCUT2D eigenvalue weighted by Gasteiger charge is -1.98. The van der Waals surface area contributed by atoms with Gasteiger partial charge in [0.2, 0.25) is 7.28 Å². The molecule has 1 rings (SSSR count). The SMILES string of the molecule is C=CCC1=NC(CC=C)=C(CC=C)[B]1. The normalized spacial score (nSPS) is 14.7. The second-order valence-electron chi connectivity index (χ2n) is 3.20. The van der Waals surface area contributed by atoms with E-state index in [1.54, 1.807) is 0 Å². The van der Waals surface area contributed by atoms with E-state index in [4.69, 9.17) is 0 Å². The lowest BCUT2D eigenvalue weighted by Crippen LogP contribution is -2.05. The number of rotatable bonds is 6. The van der Waals surface area contributed by atoms with E-state index >= 15 is 0 Å². The maximum Gasteiger partial charge on any atom is 0.209 e. The summed E-state index contributed by atoms with van der Waals surface area (Å²) in [6, 6.07) is 0. The second kappa shape index (κ2) is 5.43. The van der Waals surface area contributed by atoms with Gasteiger partial charge in [-0.25, -0.2) is 0 Å². The molecule has 0 unspecified atom stereocenters. The van der Waals surface area contributed by atoms with Crippen LogP contribution >= 0.6 is 0 Å². The quantitative estimate of drug-likeness (QED) is 0.444. The summed E-state index contributed by atoms with van der Waals surface area (Å²) in [5, 5.41) is 0. The van der Waals surface area contributed by atoms with Crippen molar-refractivity contribution in [1.82, 2.24) is 0 Å². The summed E-state index contributed by atoms with van der Waals surface area (Å²) in [6.07, 6.45) is 8.21. The van der Waals surface area contributed by atoms with E-state index < -0.39 is 0 Å².